The first kappa shape index (κ1) is 21.0. The first-order chi connectivity index (χ1) is 14.9. The largest absolute Gasteiger partial charge is 0.491 e. The lowest BCUT2D eigenvalue weighted by Gasteiger charge is -2.29. The Kier molecular flexibility index (Phi) is 5.73. The molecule has 0 atom stereocenters. The minimum atomic E-state index is -0.982. The lowest BCUT2D eigenvalue weighted by molar-refractivity contribution is -0.121. The third-order valence-corrected chi connectivity index (χ3v) is 5.05. The van der Waals surface area contributed by atoms with Crippen LogP contribution in [0.4, 0.5) is 14.5 Å². The van der Waals surface area contributed by atoms with Crippen molar-refractivity contribution in [2.45, 2.75) is 20.0 Å². The average Bonchev–Trinajstić information content (AvgIpc) is 2.99. The summed E-state index contributed by atoms with van der Waals surface area (Å²) in [6.45, 7) is 5.47. The van der Waals surface area contributed by atoms with Crippen molar-refractivity contribution in [2.75, 3.05) is 31.2 Å². The van der Waals surface area contributed by atoms with Crippen LogP contribution in [0.15, 0.2) is 48.2 Å². The zero-order valence-corrected chi connectivity index (χ0v) is 17.2. The summed E-state index contributed by atoms with van der Waals surface area (Å²) in [7, 11) is 0. The number of carbonyl (C=O) groups excluding carboxylic acids is 2. The Balaban J connectivity index is 1.78. The van der Waals surface area contributed by atoms with Crippen molar-refractivity contribution in [3.05, 3.63) is 65.4 Å². The van der Waals surface area contributed by atoms with E-state index in [-0.39, 0.29) is 23.1 Å². The second kappa shape index (κ2) is 8.47. The maximum Gasteiger partial charge on any atom is 0.282 e. The molecular formula is C23H22F2N2O4. The molecule has 2 aromatic carbocycles. The third-order valence-electron chi connectivity index (χ3n) is 5.05. The quantitative estimate of drug-likeness (QED) is 0.684. The molecule has 31 heavy (non-hydrogen) atoms. The normalized spacial score (nSPS) is 17.2. The lowest BCUT2D eigenvalue weighted by Crippen LogP contribution is -2.40. The van der Waals surface area contributed by atoms with Gasteiger partial charge in [0.15, 0.2) is 0 Å². The van der Waals surface area contributed by atoms with Crippen molar-refractivity contribution in [2.24, 2.45) is 0 Å². The van der Waals surface area contributed by atoms with Crippen LogP contribution in [0.2, 0.25) is 0 Å². The van der Waals surface area contributed by atoms with Crippen molar-refractivity contribution >= 4 is 23.1 Å². The topological polar surface area (TPSA) is 59.1 Å². The molecule has 0 bridgehead atoms. The molecule has 2 aliphatic heterocycles. The number of hydrogen-bond donors (Lipinski definition) is 0. The van der Waals surface area contributed by atoms with Crippen LogP contribution in [0.5, 0.6) is 5.75 Å². The van der Waals surface area contributed by atoms with Gasteiger partial charge in [-0.3, -0.25) is 9.59 Å². The highest BCUT2D eigenvalue weighted by Gasteiger charge is 2.43. The maximum absolute atomic E-state index is 14.5. The van der Waals surface area contributed by atoms with E-state index in [1.165, 1.54) is 0 Å². The van der Waals surface area contributed by atoms with Crippen LogP contribution < -0.4 is 9.64 Å². The number of carbonyl (C=O) groups is 2. The monoisotopic (exact) mass is 428 g/mol. The summed E-state index contributed by atoms with van der Waals surface area (Å²) in [6.07, 6.45) is -0.0133. The highest BCUT2D eigenvalue weighted by atomic mass is 19.1. The van der Waals surface area contributed by atoms with Crippen LogP contribution in [0.3, 0.4) is 0 Å². The maximum atomic E-state index is 14.5. The van der Waals surface area contributed by atoms with E-state index in [0.29, 0.717) is 43.7 Å². The van der Waals surface area contributed by atoms with Crippen LogP contribution in [-0.4, -0.2) is 49.1 Å². The summed E-state index contributed by atoms with van der Waals surface area (Å²) < 4.78 is 38.9. The molecule has 2 heterocycles. The molecule has 2 aliphatic rings. The molecule has 0 radical (unpaired) electrons. The Hall–Kier alpha value is -3.26. The van der Waals surface area contributed by atoms with Gasteiger partial charge in [0.1, 0.15) is 23.1 Å². The predicted octanol–water partition coefficient (Wildman–Crippen LogP) is 3.37. The molecule has 8 heteroatoms. The molecule has 2 aromatic rings. The Morgan fingerprint density at radius 3 is 2.26 bits per heavy atom. The number of nitrogens with zero attached hydrogens (tertiary/aromatic N) is 2. The molecule has 0 saturated carbocycles. The van der Waals surface area contributed by atoms with Gasteiger partial charge in [-0.05, 0) is 43.7 Å². The predicted molar refractivity (Wildman–Crippen MR) is 110 cm³/mol. The smallest absolute Gasteiger partial charge is 0.282 e. The molecule has 4 rings (SSSR count). The van der Waals surface area contributed by atoms with Gasteiger partial charge in [0.25, 0.3) is 11.8 Å². The standard InChI is InChI=1S/C23H22F2N2O4/c1-14(2)31-17-6-3-15(4-7-17)20-21(26-9-11-30-12-10-26)23(29)27(22(20)28)19-8-5-16(24)13-18(19)25/h3-8,13-14H,9-12H2,1-2H3. The number of anilines is 1. The van der Waals surface area contributed by atoms with Crippen molar-refractivity contribution in [3.63, 3.8) is 0 Å². The number of imide groups is 1. The van der Waals surface area contributed by atoms with E-state index in [1.54, 1.807) is 29.2 Å². The fourth-order valence-corrected chi connectivity index (χ4v) is 3.71. The first-order valence-corrected chi connectivity index (χ1v) is 10.0. The minimum absolute atomic E-state index is 0.0133. The second-order valence-electron chi connectivity index (χ2n) is 7.56. The van der Waals surface area contributed by atoms with Crippen LogP contribution >= 0.6 is 0 Å². The summed E-state index contributed by atoms with van der Waals surface area (Å²) >= 11 is 0. The van der Waals surface area contributed by atoms with E-state index in [9.17, 15) is 18.4 Å². The van der Waals surface area contributed by atoms with Gasteiger partial charge in [-0.1, -0.05) is 12.1 Å². The Bertz CT molecular complexity index is 1040. The van der Waals surface area contributed by atoms with Crippen molar-refractivity contribution < 1.29 is 27.8 Å². The number of halogens is 2. The fraction of sp³-hybridized carbons (Fsp3) is 0.304. The van der Waals surface area contributed by atoms with Crippen LogP contribution in [-0.2, 0) is 14.3 Å². The van der Waals surface area contributed by atoms with Gasteiger partial charge in [-0.2, -0.15) is 0 Å². The minimum Gasteiger partial charge on any atom is -0.491 e. The summed E-state index contributed by atoms with van der Waals surface area (Å²) in [4.78, 5) is 29.2. The molecule has 1 fully saturated rings. The zero-order valence-electron chi connectivity index (χ0n) is 17.2. The Labute approximate surface area is 178 Å². The molecule has 6 nitrogen and oxygen atoms in total. The average molecular weight is 428 g/mol. The first-order valence-electron chi connectivity index (χ1n) is 10.0. The van der Waals surface area contributed by atoms with Gasteiger partial charge in [0.05, 0.1) is 30.6 Å². The molecular weight excluding hydrogens is 406 g/mol. The van der Waals surface area contributed by atoms with Crippen molar-refractivity contribution in [1.29, 1.82) is 0 Å². The fourth-order valence-electron chi connectivity index (χ4n) is 3.71. The summed E-state index contributed by atoms with van der Waals surface area (Å²) in [6, 6.07) is 9.60. The van der Waals surface area contributed by atoms with Crippen LogP contribution in [0, 0.1) is 11.6 Å². The van der Waals surface area contributed by atoms with Gasteiger partial charge in [0.2, 0.25) is 0 Å². The Morgan fingerprint density at radius 2 is 1.65 bits per heavy atom. The van der Waals surface area contributed by atoms with E-state index in [1.807, 2.05) is 13.8 Å². The van der Waals surface area contributed by atoms with E-state index >= 15 is 0 Å². The molecule has 0 unspecified atom stereocenters. The third kappa shape index (κ3) is 4.03. The second-order valence-corrected chi connectivity index (χ2v) is 7.56. The molecule has 1 saturated heterocycles. The van der Waals surface area contributed by atoms with E-state index in [4.69, 9.17) is 9.47 Å². The SMILES string of the molecule is CC(C)Oc1ccc(C2=C(N3CCOCC3)C(=O)N(c3ccc(F)cc3F)C2=O)cc1. The van der Waals surface area contributed by atoms with E-state index in [2.05, 4.69) is 0 Å². The highest BCUT2D eigenvalue weighted by molar-refractivity contribution is 6.45. The number of ether oxygens (including phenoxy) is 2. The molecule has 0 spiro atoms. The molecule has 0 aliphatic carbocycles. The summed E-state index contributed by atoms with van der Waals surface area (Å²) in [5, 5.41) is 0. The van der Waals surface area contributed by atoms with Crippen LogP contribution in [0.25, 0.3) is 5.57 Å². The molecule has 162 valence electrons. The van der Waals surface area contributed by atoms with Gasteiger partial charge >= 0.3 is 0 Å². The van der Waals surface area contributed by atoms with Crippen molar-refractivity contribution in [3.8, 4) is 5.75 Å². The highest BCUT2D eigenvalue weighted by Crippen LogP contribution is 2.36. The zero-order chi connectivity index (χ0) is 22.1. The molecule has 0 N–H and O–H groups in total. The number of rotatable bonds is 5. The van der Waals surface area contributed by atoms with E-state index in [0.717, 1.165) is 17.0 Å². The van der Waals surface area contributed by atoms with Gasteiger partial charge in [0, 0.05) is 19.2 Å². The van der Waals surface area contributed by atoms with Gasteiger partial charge in [-0.25, -0.2) is 13.7 Å². The number of amides is 2. The summed E-state index contributed by atoms with van der Waals surface area (Å²) in [5.41, 5.74) is 0.596. The lowest BCUT2D eigenvalue weighted by atomic mass is 10.0. The van der Waals surface area contributed by atoms with Gasteiger partial charge < -0.3 is 14.4 Å². The number of benzene rings is 2. The molecule has 0 aromatic heterocycles. The van der Waals surface area contributed by atoms with Crippen molar-refractivity contribution in [1.82, 2.24) is 4.90 Å². The van der Waals surface area contributed by atoms with Gasteiger partial charge in [-0.15, -0.1) is 0 Å². The summed E-state index contributed by atoms with van der Waals surface area (Å²) in [5.74, 6) is -2.44. The molecule has 2 amide bonds. The van der Waals surface area contributed by atoms with Crippen LogP contribution in [0.1, 0.15) is 19.4 Å². The number of hydrogen-bond acceptors (Lipinski definition) is 5. The van der Waals surface area contributed by atoms with E-state index < -0.39 is 23.4 Å². The Morgan fingerprint density at radius 1 is 0.968 bits per heavy atom. The number of morpholine rings is 1.